The van der Waals surface area contributed by atoms with E-state index in [1.165, 1.54) is 17.3 Å². The number of nitrogen functional groups attached to an aromatic ring is 1. The van der Waals surface area contributed by atoms with Crippen molar-refractivity contribution in [2.75, 3.05) is 11.2 Å². The van der Waals surface area contributed by atoms with Gasteiger partial charge in [0.2, 0.25) is 5.95 Å². The van der Waals surface area contributed by atoms with Gasteiger partial charge in [0, 0.05) is 5.75 Å². The van der Waals surface area contributed by atoms with Crippen LogP contribution in [0, 0.1) is 0 Å². The van der Waals surface area contributed by atoms with Gasteiger partial charge < -0.3 is 0 Å². The molecule has 0 saturated carbocycles. The molecule has 0 unspecified atom stereocenters. The molecule has 90 valence electrons. The minimum atomic E-state index is 0.309. The highest BCUT2D eigenvalue weighted by molar-refractivity contribution is 7.99. The zero-order chi connectivity index (χ0) is 12.1. The lowest BCUT2D eigenvalue weighted by Gasteiger charge is -2.04. The Kier molecular flexibility index (Phi) is 3.83. The minimum absolute atomic E-state index is 0.309. The molecule has 2 rings (SSSR count). The fourth-order valence-electron chi connectivity index (χ4n) is 1.08. The molecule has 3 N–H and O–H groups in total. The smallest absolute Gasteiger partial charge is 0.257 e. The molecule has 0 saturated heterocycles. The standard InChI is InChI=1S/C8H12N8S/c1-2-3-17-8-13-6(15-9)12-7(14-8)16-5-10-4-11-16/h4-5H,2-3,9H2,1H3,(H,12,13,14,15). The quantitative estimate of drug-likeness (QED) is 0.442. The molecule has 2 heterocycles. The third-order valence-electron chi connectivity index (χ3n) is 1.79. The molecular weight excluding hydrogens is 240 g/mol. The number of hydrogen-bond acceptors (Lipinski definition) is 8. The van der Waals surface area contributed by atoms with E-state index in [0.717, 1.165) is 12.2 Å². The van der Waals surface area contributed by atoms with Crippen molar-refractivity contribution in [1.29, 1.82) is 0 Å². The van der Waals surface area contributed by atoms with Gasteiger partial charge in [-0.25, -0.2) is 10.8 Å². The van der Waals surface area contributed by atoms with Gasteiger partial charge in [0.15, 0.2) is 5.16 Å². The molecule has 2 aromatic heterocycles. The van der Waals surface area contributed by atoms with Crippen LogP contribution in [0.25, 0.3) is 5.95 Å². The van der Waals surface area contributed by atoms with Crippen LogP contribution in [0.1, 0.15) is 13.3 Å². The van der Waals surface area contributed by atoms with Gasteiger partial charge in [0.25, 0.3) is 5.95 Å². The number of anilines is 1. The second kappa shape index (κ2) is 5.55. The van der Waals surface area contributed by atoms with Crippen molar-refractivity contribution in [2.24, 2.45) is 5.84 Å². The number of hydrogen-bond donors (Lipinski definition) is 2. The van der Waals surface area contributed by atoms with Gasteiger partial charge in [-0.3, -0.25) is 5.43 Å². The van der Waals surface area contributed by atoms with E-state index in [4.69, 9.17) is 5.84 Å². The van der Waals surface area contributed by atoms with Crippen LogP contribution in [-0.4, -0.2) is 35.5 Å². The molecule has 0 bridgehead atoms. The monoisotopic (exact) mass is 252 g/mol. The Morgan fingerprint density at radius 1 is 1.41 bits per heavy atom. The predicted molar refractivity (Wildman–Crippen MR) is 63.6 cm³/mol. The number of thioether (sulfide) groups is 1. The average molecular weight is 252 g/mol. The van der Waals surface area contributed by atoms with E-state index >= 15 is 0 Å². The zero-order valence-corrected chi connectivity index (χ0v) is 10.1. The van der Waals surface area contributed by atoms with Crippen molar-refractivity contribution in [2.45, 2.75) is 18.5 Å². The lowest BCUT2D eigenvalue weighted by atomic mass is 10.6. The summed E-state index contributed by atoms with van der Waals surface area (Å²) in [4.78, 5) is 16.3. The molecular formula is C8H12N8S. The molecule has 2 aromatic rings. The Labute approximate surface area is 102 Å². The van der Waals surface area contributed by atoms with E-state index in [2.05, 4.69) is 37.4 Å². The number of aromatic nitrogens is 6. The average Bonchev–Trinajstić information content (AvgIpc) is 2.89. The fourth-order valence-corrected chi connectivity index (χ4v) is 1.77. The molecule has 0 atom stereocenters. The maximum absolute atomic E-state index is 5.31. The number of nitrogens with two attached hydrogens (primary N) is 1. The third kappa shape index (κ3) is 2.88. The Morgan fingerprint density at radius 2 is 2.29 bits per heavy atom. The number of rotatable bonds is 5. The second-order valence-corrected chi connectivity index (χ2v) is 4.14. The second-order valence-electron chi connectivity index (χ2n) is 3.07. The molecule has 0 spiro atoms. The zero-order valence-electron chi connectivity index (χ0n) is 9.24. The van der Waals surface area contributed by atoms with Gasteiger partial charge in [-0.2, -0.15) is 24.7 Å². The first-order valence-electron chi connectivity index (χ1n) is 5.04. The Bertz CT molecular complexity index is 470. The summed E-state index contributed by atoms with van der Waals surface area (Å²) in [6, 6.07) is 0. The third-order valence-corrected chi connectivity index (χ3v) is 2.84. The van der Waals surface area contributed by atoms with Crippen molar-refractivity contribution >= 4 is 17.7 Å². The first kappa shape index (κ1) is 11.7. The summed E-state index contributed by atoms with van der Waals surface area (Å²) in [5.41, 5.74) is 2.41. The predicted octanol–water partition coefficient (Wildman–Crippen LogP) is 0.240. The molecule has 0 aliphatic rings. The number of nitrogens with zero attached hydrogens (tertiary/aromatic N) is 6. The summed E-state index contributed by atoms with van der Waals surface area (Å²) in [5, 5.41) is 4.57. The van der Waals surface area contributed by atoms with Crippen LogP contribution in [0.4, 0.5) is 5.95 Å². The van der Waals surface area contributed by atoms with Crippen molar-refractivity contribution < 1.29 is 0 Å². The SMILES string of the molecule is CCCSc1nc(NN)nc(-n2cncn2)n1. The highest BCUT2D eigenvalue weighted by atomic mass is 32.2. The first-order valence-corrected chi connectivity index (χ1v) is 6.02. The van der Waals surface area contributed by atoms with Crippen LogP contribution in [0.2, 0.25) is 0 Å². The normalized spacial score (nSPS) is 10.5. The van der Waals surface area contributed by atoms with Gasteiger partial charge >= 0.3 is 0 Å². The van der Waals surface area contributed by atoms with Crippen molar-refractivity contribution in [3.8, 4) is 5.95 Å². The first-order chi connectivity index (χ1) is 8.33. The topological polar surface area (TPSA) is 107 Å². The summed E-state index contributed by atoms with van der Waals surface area (Å²) in [6.45, 7) is 2.09. The molecule has 0 aliphatic heterocycles. The van der Waals surface area contributed by atoms with Gasteiger partial charge in [-0.15, -0.1) is 0 Å². The summed E-state index contributed by atoms with van der Waals surface area (Å²) < 4.78 is 1.46. The molecule has 0 radical (unpaired) electrons. The van der Waals surface area contributed by atoms with Crippen molar-refractivity contribution in [1.82, 2.24) is 29.7 Å². The lowest BCUT2D eigenvalue weighted by Crippen LogP contribution is -2.14. The van der Waals surface area contributed by atoms with Crippen molar-refractivity contribution in [3.05, 3.63) is 12.7 Å². The van der Waals surface area contributed by atoms with Crippen LogP contribution in [0.15, 0.2) is 17.8 Å². The molecule has 0 amide bonds. The highest BCUT2D eigenvalue weighted by Gasteiger charge is 2.08. The van der Waals surface area contributed by atoms with E-state index in [0.29, 0.717) is 17.1 Å². The molecule has 17 heavy (non-hydrogen) atoms. The summed E-state index contributed by atoms with van der Waals surface area (Å²) in [6.07, 6.45) is 3.97. The van der Waals surface area contributed by atoms with Crippen molar-refractivity contribution in [3.63, 3.8) is 0 Å². The Balaban J connectivity index is 2.32. The largest absolute Gasteiger partial charge is 0.292 e. The van der Waals surface area contributed by atoms with Crippen LogP contribution in [-0.2, 0) is 0 Å². The number of nitrogens with one attached hydrogen (secondary N) is 1. The minimum Gasteiger partial charge on any atom is -0.292 e. The highest BCUT2D eigenvalue weighted by Crippen LogP contribution is 2.16. The van der Waals surface area contributed by atoms with E-state index in [-0.39, 0.29) is 0 Å². The summed E-state index contributed by atoms with van der Waals surface area (Å²) >= 11 is 1.54. The van der Waals surface area contributed by atoms with Gasteiger partial charge in [-0.1, -0.05) is 18.7 Å². The molecule has 0 fully saturated rings. The number of hydrazine groups is 1. The van der Waals surface area contributed by atoms with Crippen LogP contribution in [0.5, 0.6) is 0 Å². The molecule has 0 aromatic carbocycles. The lowest BCUT2D eigenvalue weighted by molar-refractivity contribution is 0.759. The maximum Gasteiger partial charge on any atom is 0.257 e. The van der Waals surface area contributed by atoms with Crippen LogP contribution < -0.4 is 11.3 Å². The molecule has 9 heteroatoms. The van der Waals surface area contributed by atoms with E-state index < -0.39 is 0 Å². The van der Waals surface area contributed by atoms with Crippen LogP contribution >= 0.6 is 11.8 Å². The Morgan fingerprint density at radius 3 is 2.94 bits per heavy atom. The van der Waals surface area contributed by atoms with Gasteiger partial charge in [-0.05, 0) is 6.42 Å². The summed E-state index contributed by atoms with van der Waals surface area (Å²) in [7, 11) is 0. The van der Waals surface area contributed by atoms with Crippen LogP contribution in [0.3, 0.4) is 0 Å². The van der Waals surface area contributed by atoms with E-state index in [1.54, 1.807) is 11.8 Å². The fraction of sp³-hybridized carbons (Fsp3) is 0.375. The summed E-state index contributed by atoms with van der Waals surface area (Å²) in [5.74, 6) is 6.95. The molecule has 8 nitrogen and oxygen atoms in total. The van der Waals surface area contributed by atoms with Gasteiger partial charge in [0.1, 0.15) is 12.7 Å². The van der Waals surface area contributed by atoms with E-state index in [9.17, 15) is 0 Å². The van der Waals surface area contributed by atoms with E-state index in [1.807, 2.05) is 0 Å². The molecule has 0 aliphatic carbocycles. The Hall–Kier alpha value is -1.74. The maximum atomic E-state index is 5.31. The van der Waals surface area contributed by atoms with Gasteiger partial charge in [0.05, 0.1) is 0 Å².